The number of para-hydroxylation sites is 1. The highest BCUT2D eigenvalue weighted by atomic mass is 32.2. The summed E-state index contributed by atoms with van der Waals surface area (Å²) < 4.78 is 42.3. The van der Waals surface area contributed by atoms with Crippen molar-refractivity contribution < 1.29 is 17.6 Å². The summed E-state index contributed by atoms with van der Waals surface area (Å²) in [5.41, 5.74) is 3.31. The van der Waals surface area contributed by atoms with Gasteiger partial charge in [-0.15, -0.1) is 0 Å². The monoisotopic (exact) mass is 467 g/mol. The zero-order chi connectivity index (χ0) is 23.6. The fourth-order valence-electron chi connectivity index (χ4n) is 3.83. The number of amides is 1. The van der Waals surface area contributed by atoms with Crippen molar-refractivity contribution in [1.82, 2.24) is 4.31 Å². The predicted octanol–water partition coefficient (Wildman–Crippen LogP) is 4.21. The quantitative estimate of drug-likeness (QED) is 0.611. The fraction of sp³-hybridized carbons (Fsp3) is 0.240. The molecule has 8 heteroatoms. The van der Waals surface area contributed by atoms with E-state index < -0.39 is 21.7 Å². The summed E-state index contributed by atoms with van der Waals surface area (Å²) in [7, 11) is -3.87. The Bertz CT molecular complexity index is 1270. The summed E-state index contributed by atoms with van der Waals surface area (Å²) in [4.78, 5) is 14.7. The first-order chi connectivity index (χ1) is 15.8. The first-order valence-corrected chi connectivity index (χ1v) is 12.2. The van der Waals surface area contributed by atoms with Gasteiger partial charge in [0, 0.05) is 37.6 Å². The van der Waals surface area contributed by atoms with Crippen molar-refractivity contribution in [3.8, 4) is 0 Å². The van der Waals surface area contributed by atoms with Crippen molar-refractivity contribution in [3.05, 3.63) is 89.2 Å². The lowest BCUT2D eigenvalue weighted by Gasteiger charge is -2.35. The number of nitrogens with one attached hydrogen (secondary N) is 1. The van der Waals surface area contributed by atoms with Gasteiger partial charge in [-0.2, -0.15) is 4.31 Å². The number of piperazine rings is 1. The summed E-state index contributed by atoms with van der Waals surface area (Å²) in [5, 5.41) is 2.66. The molecular formula is C25H26FN3O3S. The summed E-state index contributed by atoms with van der Waals surface area (Å²) in [6, 6.07) is 18.5. The molecule has 1 fully saturated rings. The molecule has 0 aliphatic carbocycles. The largest absolute Gasteiger partial charge is 0.369 e. The first-order valence-electron chi connectivity index (χ1n) is 10.7. The van der Waals surface area contributed by atoms with Crippen LogP contribution in [0.25, 0.3) is 0 Å². The van der Waals surface area contributed by atoms with E-state index in [1.165, 1.54) is 10.4 Å². The first kappa shape index (κ1) is 22.9. The molecule has 0 spiro atoms. The molecule has 0 atom stereocenters. The molecule has 0 bridgehead atoms. The third kappa shape index (κ3) is 4.91. The van der Waals surface area contributed by atoms with Gasteiger partial charge in [-0.05, 0) is 67.4 Å². The van der Waals surface area contributed by atoms with Crippen LogP contribution in [0.1, 0.15) is 21.5 Å². The van der Waals surface area contributed by atoms with Crippen LogP contribution in [0.5, 0.6) is 0 Å². The second-order valence-corrected chi connectivity index (χ2v) is 10.1. The average molecular weight is 468 g/mol. The Balaban J connectivity index is 1.51. The molecule has 1 amide bonds. The van der Waals surface area contributed by atoms with Gasteiger partial charge in [-0.3, -0.25) is 4.79 Å². The van der Waals surface area contributed by atoms with Crippen LogP contribution in [-0.4, -0.2) is 44.8 Å². The minimum absolute atomic E-state index is 0.0951. The topological polar surface area (TPSA) is 69.7 Å². The zero-order valence-electron chi connectivity index (χ0n) is 18.6. The highest BCUT2D eigenvalue weighted by molar-refractivity contribution is 7.89. The number of benzene rings is 3. The van der Waals surface area contributed by atoms with Crippen molar-refractivity contribution in [2.75, 3.05) is 36.4 Å². The van der Waals surface area contributed by atoms with Gasteiger partial charge >= 0.3 is 0 Å². The lowest BCUT2D eigenvalue weighted by molar-refractivity contribution is 0.102. The van der Waals surface area contributed by atoms with Crippen LogP contribution in [0, 0.1) is 19.7 Å². The molecule has 1 aliphatic rings. The van der Waals surface area contributed by atoms with Crippen LogP contribution in [-0.2, 0) is 10.0 Å². The predicted molar refractivity (Wildman–Crippen MR) is 128 cm³/mol. The Hall–Kier alpha value is -3.23. The number of hydrogen-bond donors (Lipinski definition) is 1. The molecule has 0 aromatic heterocycles. The maximum Gasteiger partial charge on any atom is 0.258 e. The van der Waals surface area contributed by atoms with Crippen molar-refractivity contribution in [2.24, 2.45) is 0 Å². The van der Waals surface area contributed by atoms with Crippen molar-refractivity contribution >= 4 is 27.3 Å². The maximum absolute atomic E-state index is 14.5. The van der Waals surface area contributed by atoms with Crippen LogP contribution in [0.3, 0.4) is 0 Å². The third-order valence-electron chi connectivity index (χ3n) is 5.94. The smallest absolute Gasteiger partial charge is 0.258 e. The van der Waals surface area contributed by atoms with Crippen LogP contribution >= 0.6 is 0 Å². The molecule has 1 aliphatic heterocycles. The van der Waals surface area contributed by atoms with E-state index in [1.54, 1.807) is 12.1 Å². The standard InChI is InChI=1S/C25H26FN3O3S/c1-18-8-9-20(16-19(18)2)27-25(30)23-17-22(10-11-24(23)26)33(31,32)29-14-12-28(13-15-29)21-6-4-3-5-7-21/h3-11,16-17H,12-15H2,1-2H3,(H,27,30). The zero-order valence-corrected chi connectivity index (χ0v) is 19.4. The van der Waals surface area contributed by atoms with Gasteiger partial charge in [-0.25, -0.2) is 12.8 Å². The lowest BCUT2D eigenvalue weighted by Crippen LogP contribution is -2.48. The van der Waals surface area contributed by atoms with Crippen LogP contribution in [0.2, 0.25) is 0 Å². The molecule has 3 aromatic carbocycles. The average Bonchev–Trinajstić information content (AvgIpc) is 2.82. The summed E-state index contributed by atoms with van der Waals surface area (Å²) >= 11 is 0. The molecule has 6 nitrogen and oxygen atoms in total. The highest BCUT2D eigenvalue weighted by Gasteiger charge is 2.30. The molecule has 33 heavy (non-hydrogen) atoms. The fourth-order valence-corrected chi connectivity index (χ4v) is 5.28. The molecule has 0 unspecified atom stereocenters. The minimum Gasteiger partial charge on any atom is -0.369 e. The van der Waals surface area contributed by atoms with E-state index in [1.807, 2.05) is 50.2 Å². The Kier molecular flexibility index (Phi) is 6.49. The number of carbonyl (C=O) groups is 1. The van der Waals surface area contributed by atoms with Gasteiger partial charge in [-0.1, -0.05) is 24.3 Å². The summed E-state index contributed by atoms with van der Waals surface area (Å²) in [5.74, 6) is -1.47. The Labute approximate surface area is 193 Å². The highest BCUT2D eigenvalue weighted by Crippen LogP contribution is 2.24. The number of hydrogen-bond acceptors (Lipinski definition) is 4. The van der Waals surface area contributed by atoms with E-state index in [4.69, 9.17) is 0 Å². The number of rotatable bonds is 5. The van der Waals surface area contributed by atoms with Gasteiger partial charge in [0.05, 0.1) is 10.5 Å². The van der Waals surface area contributed by atoms with Gasteiger partial charge in [0.25, 0.3) is 5.91 Å². The number of anilines is 2. The van der Waals surface area contributed by atoms with Gasteiger partial charge in [0.15, 0.2) is 0 Å². The maximum atomic E-state index is 14.5. The van der Waals surface area contributed by atoms with Gasteiger partial charge in [0.1, 0.15) is 5.82 Å². The van der Waals surface area contributed by atoms with Crippen molar-refractivity contribution in [2.45, 2.75) is 18.7 Å². The Morgan fingerprint density at radius 2 is 1.58 bits per heavy atom. The summed E-state index contributed by atoms with van der Waals surface area (Å²) in [6.45, 7) is 5.57. The molecule has 1 saturated heterocycles. The van der Waals surface area contributed by atoms with Gasteiger partial charge < -0.3 is 10.2 Å². The Morgan fingerprint density at radius 1 is 0.879 bits per heavy atom. The van der Waals surface area contributed by atoms with E-state index in [-0.39, 0.29) is 10.5 Å². The van der Waals surface area contributed by atoms with Crippen molar-refractivity contribution in [1.29, 1.82) is 0 Å². The number of halogens is 1. The van der Waals surface area contributed by atoms with E-state index in [0.717, 1.165) is 28.9 Å². The molecule has 1 heterocycles. The molecule has 4 rings (SSSR count). The molecule has 1 N–H and O–H groups in total. The third-order valence-corrected chi connectivity index (χ3v) is 7.84. The number of aryl methyl sites for hydroxylation is 2. The van der Waals surface area contributed by atoms with Gasteiger partial charge in [0.2, 0.25) is 10.0 Å². The number of sulfonamides is 1. The number of carbonyl (C=O) groups excluding carboxylic acids is 1. The molecule has 3 aromatic rings. The normalized spacial score (nSPS) is 14.8. The van der Waals surface area contributed by atoms with Crippen molar-refractivity contribution in [3.63, 3.8) is 0 Å². The van der Waals surface area contributed by atoms with Crippen LogP contribution in [0.4, 0.5) is 15.8 Å². The van der Waals surface area contributed by atoms with Crippen LogP contribution < -0.4 is 10.2 Å². The molecule has 0 saturated carbocycles. The SMILES string of the molecule is Cc1ccc(NC(=O)c2cc(S(=O)(=O)N3CCN(c4ccccc4)CC3)ccc2F)cc1C. The van der Waals surface area contributed by atoms with E-state index in [2.05, 4.69) is 10.2 Å². The van der Waals surface area contributed by atoms with Crippen LogP contribution in [0.15, 0.2) is 71.6 Å². The molecular weight excluding hydrogens is 441 g/mol. The van der Waals surface area contributed by atoms with E-state index in [9.17, 15) is 17.6 Å². The molecule has 0 radical (unpaired) electrons. The molecule has 172 valence electrons. The van der Waals surface area contributed by atoms with E-state index in [0.29, 0.717) is 31.9 Å². The second-order valence-electron chi connectivity index (χ2n) is 8.12. The second kappa shape index (κ2) is 9.33. The number of nitrogens with zero attached hydrogens (tertiary/aromatic N) is 2. The lowest BCUT2D eigenvalue weighted by atomic mass is 10.1. The van der Waals surface area contributed by atoms with E-state index >= 15 is 0 Å². The summed E-state index contributed by atoms with van der Waals surface area (Å²) in [6.07, 6.45) is 0. The Morgan fingerprint density at radius 3 is 2.24 bits per heavy atom. The minimum atomic E-state index is -3.87.